The number of para-hydroxylation sites is 1. The van der Waals surface area contributed by atoms with E-state index in [1.165, 1.54) is 12.1 Å². The smallest absolute Gasteiger partial charge is 0.369 e. The van der Waals surface area contributed by atoms with Crippen molar-refractivity contribution in [2.45, 2.75) is 6.92 Å². The van der Waals surface area contributed by atoms with E-state index in [1.807, 2.05) is 0 Å². The highest BCUT2D eigenvalue weighted by molar-refractivity contribution is 6.43. The van der Waals surface area contributed by atoms with Crippen LogP contribution in [-0.2, 0) is 9.53 Å². The maximum Gasteiger partial charge on any atom is 0.369 e. The first-order valence-corrected chi connectivity index (χ1v) is 5.33. The number of carbonyl (C=O) groups excluding carboxylic acids is 1. The highest BCUT2D eigenvalue weighted by Crippen LogP contribution is 2.14. The lowest BCUT2D eigenvalue weighted by Crippen LogP contribution is -2.17. The number of hydrogen-bond acceptors (Lipinski definition) is 6. The fourth-order valence-corrected chi connectivity index (χ4v) is 1.20. The van der Waals surface area contributed by atoms with E-state index >= 15 is 0 Å². The number of benzene rings is 1. The van der Waals surface area contributed by atoms with Crippen LogP contribution in [0.3, 0.4) is 0 Å². The van der Waals surface area contributed by atoms with Gasteiger partial charge in [-0.2, -0.15) is 10.4 Å². The zero-order valence-electron chi connectivity index (χ0n) is 10.1. The average Bonchev–Trinajstić information content (AvgIpc) is 2.40. The van der Waals surface area contributed by atoms with Gasteiger partial charge >= 0.3 is 11.9 Å². The van der Waals surface area contributed by atoms with E-state index < -0.39 is 17.7 Å². The first kappa shape index (κ1) is 14.2. The van der Waals surface area contributed by atoms with E-state index in [2.05, 4.69) is 15.3 Å². The number of carboxylic acids is 1. The minimum absolute atomic E-state index is 0.0209. The van der Waals surface area contributed by atoms with E-state index in [1.54, 1.807) is 25.1 Å². The Bertz CT molecular complexity index is 560. The van der Waals surface area contributed by atoms with Crippen LogP contribution in [-0.4, -0.2) is 29.4 Å². The number of nitriles is 1. The second kappa shape index (κ2) is 6.76. The first-order chi connectivity index (χ1) is 9.10. The number of nitrogens with one attached hydrogen (secondary N) is 1. The van der Waals surface area contributed by atoms with Gasteiger partial charge < -0.3 is 9.84 Å². The standard InChI is InChI=1S/C12H11N3O4/c1-2-19-12(18)10(7-13)15-14-9-6-4-3-5-8(9)11(16)17/h3-6,14H,2H2,1H3,(H,16,17)/b15-10+. The maximum atomic E-state index is 11.3. The fourth-order valence-electron chi connectivity index (χ4n) is 1.20. The molecule has 0 aliphatic heterocycles. The molecule has 1 aromatic carbocycles. The number of nitrogens with zero attached hydrogens (tertiary/aromatic N) is 2. The maximum absolute atomic E-state index is 11.3. The molecule has 19 heavy (non-hydrogen) atoms. The van der Waals surface area contributed by atoms with E-state index in [4.69, 9.17) is 10.4 Å². The molecule has 1 rings (SSSR count). The molecule has 1 aromatic rings. The summed E-state index contributed by atoms with van der Waals surface area (Å²) in [6, 6.07) is 7.56. The zero-order chi connectivity index (χ0) is 14.3. The fraction of sp³-hybridized carbons (Fsp3) is 0.167. The summed E-state index contributed by atoms with van der Waals surface area (Å²) >= 11 is 0. The second-order valence-corrected chi connectivity index (χ2v) is 3.26. The molecule has 7 nitrogen and oxygen atoms in total. The van der Waals surface area contributed by atoms with Gasteiger partial charge in [-0.15, -0.1) is 0 Å². The molecule has 0 fully saturated rings. The van der Waals surface area contributed by atoms with Crippen molar-refractivity contribution in [1.82, 2.24) is 0 Å². The molecule has 0 saturated carbocycles. The van der Waals surface area contributed by atoms with Crippen LogP contribution in [0, 0.1) is 11.3 Å². The van der Waals surface area contributed by atoms with Crippen LogP contribution in [0.1, 0.15) is 17.3 Å². The molecule has 7 heteroatoms. The quantitative estimate of drug-likeness (QED) is 0.468. The van der Waals surface area contributed by atoms with Gasteiger partial charge in [-0.3, -0.25) is 5.43 Å². The lowest BCUT2D eigenvalue weighted by atomic mass is 10.2. The molecular formula is C12H11N3O4. The Hall–Kier alpha value is -2.88. The molecule has 0 aromatic heterocycles. The Morgan fingerprint density at radius 2 is 2.16 bits per heavy atom. The summed E-state index contributed by atoms with van der Waals surface area (Å²) in [4.78, 5) is 22.2. The Labute approximate surface area is 109 Å². The van der Waals surface area contributed by atoms with Crippen LogP contribution in [0.5, 0.6) is 0 Å². The highest BCUT2D eigenvalue weighted by atomic mass is 16.5. The van der Waals surface area contributed by atoms with Gasteiger partial charge in [0.2, 0.25) is 5.71 Å². The van der Waals surface area contributed by atoms with Gasteiger partial charge in [-0.25, -0.2) is 9.59 Å². The van der Waals surface area contributed by atoms with Crippen molar-refractivity contribution < 1.29 is 19.4 Å². The number of hydrazone groups is 1. The molecule has 0 aliphatic carbocycles. The summed E-state index contributed by atoms with van der Waals surface area (Å²) in [6.07, 6.45) is 0. The first-order valence-electron chi connectivity index (χ1n) is 5.33. The van der Waals surface area contributed by atoms with Crippen molar-refractivity contribution in [3.05, 3.63) is 29.8 Å². The Balaban J connectivity index is 2.94. The lowest BCUT2D eigenvalue weighted by Gasteiger charge is -2.05. The minimum Gasteiger partial charge on any atom is -0.478 e. The Morgan fingerprint density at radius 3 is 2.74 bits per heavy atom. The monoisotopic (exact) mass is 261 g/mol. The third kappa shape index (κ3) is 3.81. The van der Waals surface area contributed by atoms with Crippen molar-refractivity contribution >= 4 is 23.3 Å². The van der Waals surface area contributed by atoms with Crippen molar-refractivity contribution in [3.8, 4) is 6.07 Å². The molecule has 98 valence electrons. The van der Waals surface area contributed by atoms with Crippen LogP contribution in [0.15, 0.2) is 29.4 Å². The molecule has 0 amide bonds. The summed E-state index contributed by atoms with van der Waals surface area (Å²) in [5.74, 6) is -2.02. The van der Waals surface area contributed by atoms with Crippen LogP contribution in [0.4, 0.5) is 5.69 Å². The number of carbonyl (C=O) groups is 2. The highest BCUT2D eigenvalue weighted by Gasteiger charge is 2.13. The van der Waals surface area contributed by atoms with Gasteiger partial charge in [0.05, 0.1) is 17.9 Å². The molecule has 0 atom stereocenters. The van der Waals surface area contributed by atoms with Crippen LogP contribution in [0.25, 0.3) is 0 Å². The zero-order valence-corrected chi connectivity index (χ0v) is 10.1. The van der Waals surface area contributed by atoms with Crippen molar-refractivity contribution in [3.63, 3.8) is 0 Å². The predicted molar refractivity (Wildman–Crippen MR) is 66.7 cm³/mol. The molecule has 0 spiro atoms. The number of aromatic carboxylic acids is 1. The number of ether oxygens (including phenoxy) is 1. The largest absolute Gasteiger partial charge is 0.478 e. The predicted octanol–water partition coefficient (Wildman–Crippen LogP) is 1.24. The normalized spacial score (nSPS) is 10.4. The molecule has 0 saturated heterocycles. The van der Waals surface area contributed by atoms with Gasteiger partial charge in [0.25, 0.3) is 0 Å². The van der Waals surface area contributed by atoms with E-state index in [-0.39, 0.29) is 17.9 Å². The van der Waals surface area contributed by atoms with E-state index in [9.17, 15) is 9.59 Å². The summed E-state index contributed by atoms with van der Waals surface area (Å²) in [6.45, 7) is 1.71. The molecular weight excluding hydrogens is 250 g/mol. The van der Waals surface area contributed by atoms with E-state index in [0.29, 0.717) is 0 Å². The summed E-state index contributed by atoms with van der Waals surface area (Å²) < 4.78 is 4.61. The van der Waals surface area contributed by atoms with Crippen LogP contribution in [0.2, 0.25) is 0 Å². The SMILES string of the molecule is CCOC(=O)/C(C#N)=N/Nc1ccccc1C(=O)O. The molecule has 0 bridgehead atoms. The molecule has 0 aliphatic rings. The van der Waals surface area contributed by atoms with Crippen LogP contribution < -0.4 is 5.43 Å². The van der Waals surface area contributed by atoms with Gasteiger partial charge in [-0.1, -0.05) is 12.1 Å². The number of rotatable bonds is 5. The Kier molecular flexibility index (Phi) is 5.04. The molecule has 0 radical (unpaired) electrons. The minimum atomic E-state index is -1.15. The van der Waals surface area contributed by atoms with Crippen molar-refractivity contribution in [2.24, 2.45) is 5.10 Å². The topological polar surface area (TPSA) is 112 Å². The van der Waals surface area contributed by atoms with Gasteiger partial charge in [0.15, 0.2) is 0 Å². The number of hydrogen-bond donors (Lipinski definition) is 2. The lowest BCUT2D eigenvalue weighted by molar-refractivity contribution is -0.134. The number of esters is 1. The van der Waals surface area contributed by atoms with Gasteiger partial charge in [-0.05, 0) is 19.1 Å². The number of carboxylic acid groups (broad SMARTS) is 1. The Morgan fingerprint density at radius 1 is 1.47 bits per heavy atom. The van der Waals surface area contributed by atoms with Crippen molar-refractivity contribution in [1.29, 1.82) is 5.26 Å². The molecule has 2 N–H and O–H groups in total. The summed E-state index contributed by atoms with van der Waals surface area (Å²) in [5.41, 5.74) is 2.04. The number of anilines is 1. The third-order valence-electron chi connectivity index (χ3n) is 2.02. The average molecular weight is 261 g/mol. The summed E-state index contributed by atoms with van der Waals surface area (Å²) in [5, 5.41) is 21.2. The summed E-state index contributed by atoms with van der Waals surface area (Å²) in [7, 11) is 0. The van der Waals surface area contributed by atoms with Gasteiger partial charge in [0.1, 0.15) is 6.07 Å². The molecule has 0 heterocycles. The van der Waals surface area contributed by atoms with E-state index in [0.717, 1.165) is 0 Å². The van der Waals surface area contributed by atoms with Gasteiger partial charge in [0, 0.05) is 0 Å². The third-order valence-corrected chi connectivity index (χ3v) is 2.02. The second-order valence-electron chi connectivity index (χ2n) is 3.26. The van der Waals surface area contributed by atoms with Crippen molar-refractivity contribution in [2.75, 3.05) is 12.0 Å². The molecule has 0 unspecified atom stereocenters. The van der Waals surface area contributed by atoms with Crippen LogP contribution >= 0.6 is 0 Å².